The summed E-state index contributed by atoms with van der Waals surface area (Å²) in [7, 11) is 0. The maximum atomic E-state index is 12.8. The van der Waals surface area contributed by atoms with E-state index < -0.39 is 0 Å². The van der Waals surface area contributed by atoms with Gasteiger partial charge in [0, 0.05) is 36.2 Å². The van der Waals surface area contributed by atoms with Gasteiger partial charge in [0.2, 0.25) is 0 Å². The highest BCUT2D eigenvalue weighted by molar-refractivity contribution is 5.97. The van der Waals surface area contributed by atoms with E-state index in [2.05, 4.69) is 4.98 Å². The molecule has 2 N–H and O–H groups in total. The number of nitrogens with two attached hydrogens (primary N) is 1. The van der Waals surface area contributed by atoms with Crippen LogP contribution < -0.4 is 5.73 Å². The molecule has 0 spiro atoms. The lowest BCUT2D eigenvalue weighted by molar-refractivity contribution is 0.0689. The van der Waals surface area contributed by atoms with Crippen molar-refractivity contribution in [2.45, 2.75) is 33.4 Å². The van der Waals surface area contributed by atoms with E-state index >= 15 is 0 Å². The molecule has 0 fully saturated rings. The van der Waals surface area contributed by atoms with Gasteiger partial charge in [-0.15, -0.1) is 0 Å². The van der Waals surface area contributed by atoms with Crippen molar-refractivity contribution in [2.24, 2.45) is 0 Å². The van der Waals surface area contributed by atoms with E-state index in [0.29, 0.717) is 17.8 Å². The van der Waals surface area contributed by atoms with Crippen molar-refractivity contribution < 1.29 is 4.79 Å². The highest BCUT2D eigenvalue weighted by Gasteiger charge is 2.21. The molecule has 1 aromatic carbocycles. The first kappa shape index (κ1) is 15.0. The van der Waals surface area contributed by atoms with Gasteiger partial charge in [0.25, 0.3) is 5.91 Å². The molecule has 110 valence electrons. The first-order valence-electron chi connectivity index (χ1n) is 7.05. The van der Waals surface area contributed by atoms with Crippen LogP contribution in [-0.2, 0) is 6.54 Å². The van der Waals surface area contributed by atoms with Crippen LogP contribution in [0.5, 0.6) is 0 Å². The van der Waals surface area contributed by atoms with Crippen LogP contribution in [0.15, 0.2) is 42.7 Å². The number of nitrogen functional groups attached to an aromatic ring is 1. The minimum atomic E-state index is -0.00125. The summed E-state index contributed by atoms with van der Waals surface area (Å²) in [6, 6.07) is 9.41. The number of amides is 1. The van der Waals surface area contributed by atoms with E-state index in [4.69, 9.17) is 5.73 Å². The van der Waals surface area contributed by atoms with Crippen LogP contribution >= 0.6 is 0 Å². The zero-order valence-electron chi connectivity index (χ0n) is 12.7. The minimum Gasteiger partial charge on any atom is -0.398 e. The second-order valence-corrected chi connectivity index (χ2v) is 5.41. The van der Waals surface area contributed by atoms with Crippen LogP contribution in [0.3, 0.4) is 0 Å². The van der Waals surface area contributed by atoms with E-state index in [1.807, 2.05) is 56.0 Å². The zero-order valence-corrected chi connectivity index (χ0v) is 12.7. The molecule has 1 heterocycles. The molecule has 0 radical (unpaired) electrons. The number of hydrogen-bond acceptors (Lipinski definition) is 3. The Morgan fingerprint density at radius 1 is 1.29 bits per heavy atom. The van der Waals surface area contributed by atoms with E-state index in [0.717, 1.165) is 11.1 Å². The Morgan fingerprint density at radius 3 is 2.67 bits per heavy atom. The molecule has 0 aliphatic rings. The summed E-state index contributed by atoms with van der Waals surface area (Å²) in [6.45, 7) is 6.44. The number of benzene rings is 1. The number of aromatic nitrogens is 1. The largest absolute Gasteiger partial charge is 0.398 e. The van der Waals surface area contributed by atoms with Crippen LogP contribution in [0.4, 0.5) is 5.69 Å². The average molecular weight is 283 g/mol. The van der Waals surface area contributed by atoms with Gasteiger partial charge in [-0.3, -0.25) is 9.78 Å². The van der Waals surface area contributed by atoms with E-state index in [1.165, 1.54) is 0 Å². The normalized spacial score (nSPS) is 10.7. The smallest absolute Gasteiger partial charge is 0.254 e. The van der Waals surface area contributed by atoms with Gasteiger partial charge in [-0.1, -0.05) is 12.1 Å². The van der Waals surface area contributed by atoms with Gasteiger partial charge in [-0.2, -0.15) is 0 Å². The molecular formula is C17H21N3O. The molecule has 4 heteroatoms. The fraction of sp³-hybridized carbons (Fsp3) is 0.294. The van der Waals surface area contributed by atoms with Gasteiger partial charge in [-0.05, 0) is 50.1 Å². The lowest BCUT2D eigenvalue weighted by atomic mass is 10.0. The summed E-state index contributed by atoms with van der Waals surface area (Å²) < 4.78 is 0. The van der Waals surface area contributed by atoms with Crippen molar-refractivity contribution in [1.29, 1.82) is 0 Å². The Balaban J connectivity index is 2.30. The number of rotatable bonds is 4. The number of nitrogens with zero attached hydrogens (tertiary/aromatic N) is 2. The van der Waals surface area contributed by atoms with Crippen molar-refractivity contribution in [3.05, 3.63) is 59.4 Å². The lowest BCUT2D eigenvalue weighted by Crippen LogP contribution is -2.36. The molecule has 2 aromatic rings. The van der Waals surface area contributed by atoms with Gasteiger partial charge in [-0.25, -0.2) is 0 Å². The van der Waals surface area contributed by atoms with Crippen LogP contribution in [0.25, 0.3) is 0 Å². The molecule has 0 aliphatic carbocycles. The first-order valence-corrected chi connectivity index (χ1v) is 7.05. The van der Waals surface area contributed by atoms with E-state index in [9.17, 15) is 4.79 Å². The Bertz CT molecular complexity index is 623. The van der Waals surface area contributed by atoms with Crippen molar-refractivity contribution >= 4 is 11.6 Å². The first-order chi connectivity index (χ1) is 10.0. The SMILES string of the molecule is Cc1c(N)cccc1C(=O)N(Cc1cccnc1)C(C)C. The van der Waals surface area contributed by atoms with Crippen LogP contribution in [0.2, 0.25) is 0 Å². The average Bonchev–Trinajstić information content (AvgIpc) is 2.48. The van der Waals surface area contributed by atoms with Crippen LogP contribution in [0, 0.1) is 6.92 Å². The highest BCUT2D eigenvalue weighted by atomic mass is 16.2. The van der Waals surface area contributed by atoms with Gasteiger partial charge in [0.05, 0.1) is 0 Å². The topological polar surface area (TPSA) is 59.2 Å². The standard InChI is InChI=1S/C17H21N3O/c1-12(2)20(11-14-6-5-9-19-10-14)17(21)15-7-4-8-16(18)13(15)3/h4-10,12H,11,18H2,1-3H3. The molecule has 0 bridgehead atoms. The van der Waals surface area contributed by atoms with Crippen LogP contribution in [-0.4, -0.2) is 21.8 Å². The fourth-order valence-corrected chi connectivity index (χ4v) is 2.22. The second kappa shape index (κ2) is 6.39. The molecule has 1 amide bonds. The molecule has 4 nitrogen and oxygen atoms in total. The summed E-state index contributed by atoms with van der Waals surface area (Å²) >= 11 is 0. The third-order valence-electron chi connectivity index (χ3n) is 3.57. The summed E-state index contributed by atoms with van der Waals surface area (Å²) in [5.41, 5.74) is 9.06. The van der Waals surface area contributed by atoms with Gasteiger partial charge in [0.1, 0.15) is 0 Å². The monoisotopic (exact) mass is 283 g/mol. The summed E-state index contributed by atoms with van der Waals surface area (Å²) in [5.74, 6) is -0.00125. The van der Waals surface area contributed by atoms with Gasteiger partial charge >= 0.3 is 0 Å². The molecular weight excluding hydrogens is 262 g/mol. The van der Waals surface area contributed by atoms with Gasteiger partial charge < -0.3 is 10.6 Å². The van der Waals surface area contributed by atoms with Crippen molar-refractivity contribution in [3.8, 4) is 0 Å². The summed E-state index contributed by atoms with van der Waals surface area (Å²) in [5, 5.41) is 0. The highest BCUT2D eigenvalue weighted by Crippen LogP contribution is 2.19. The molecule has 0 aliphatic heterocycles. The van der Waals surface area contributed by atoms with Crippen molar-refractivity contribution in [2.75, 3.05) is 5.73 Å². The predicted molar refractivity (Wildman–Crippen MR) is 84.8 cm³/mol. The Morgan fingerprint density at radius 2 is 2.05 bits per heavy atom. The number of anilines is 1. The predicted octanol–water partition coefficient (Wildman–Crippen LogP) is 3.02. The maximum Gasteiger partial charge on any atom is 0.254 e. The van der Waals surface area contributed by atoms with E-state index in [-0.39, 0.29) is 11.9 Å². The van der Waals surface area contributed by atoms with Crippen molar-refractivity contribution in [1.82, 2.24) is 9.88 Å². The van der Waals surface area contributed by atoms with Crippen molar-refractivity contribution in [3.63, 3.8) is 0 Å². The quantitative estimate of drug-likeness (QED) is 0.877. The maximum absolute atomic E-state index is 12.8. The third-order valence-corrected chi connectivity index (χ3v) is 3.57. The second-order valence-electron chi connectivity index (χ2n) is 5.41. The molecule has 0 saturated heterocycles. The molecule has 2 rings (SSSR count). The Hall–Kier alpha value is -2.36. The molecule has 1 aromatic heterocycles. The molecule has 0 unspecified atom stereocenters. The number of carbonyl (C=O) groups is 1. The number of pyridine rings is 1. The lowest BCUT2D eigenvalue weighted by Gasteiger charge is -2.27. The van der Waals surface area contributed by atoms with Crippen LogP contribution in [0.1, 0.15) is 35.3 Å². The fourth-order valence-electron chi connectivity index (χ4n) is 2.22. The Labute approximate surface area is 125 Å². The zero-order chi connectivity index (χ0) is 15.4. The molecule has 0 atom stereocenters. The number of hydrogen-bond donors (Lipinski definition) is 1. The molecule has 0 saturated carbocycles. The van der Waals surface area contributed by atoms with Gasteiger partial charge in [0.15, 0.2) is 0 Å². The summed E-state index contributed by atoms with van der Waals surface area (Å²) in [4.78, 5) is 18.7. The number of carbonyl (C=O) groups excluding carboxylic acids is 1. The summed E-state index contributed by atoms with van der Waals surface area (Å²) in [6.07, 6.45) is 3.52. The Kier molecular flexibility index (Phi) is 4.58. The minimum absolute atomic E-state index is 0.00125. The molecule has 21 heavy (non-hydrogen) atoms. The third kappa shape index (κ3) is 3.40. The van der Waals surface area contributed by atoms with E-state index in [1.54, 1.807) is 12.4 Å².